The molecule has 1 aromatic rings. The fourth-order valence-electron chi connectivity index (χ4n) is 4.00. The van der Waals surface area contributed by atoms with E-state index in [0.29, 0.717) is 5.41 Å². The molecule has 2 fully saturated rings. The highest BCUT2D eigenvalue weighted by Gasteiger charge is 2.41. The number of hydrogen-bond acceptors (Lipinski definition) is 2. The van der Waals surface area contributed by atoms with Crippen LogP contribution in [0.15, 0.2) is 29.3 Å². The van der Waals surface area contributed by atoms with E-state index in [-0.39, 0.29) is 24.0 Å². The molecule has 0 radical (unpaired) electrons. The van der Waals surface area contributed by atoms with E-state index in [4.69, 9.17) is 4.74 Å². The second-order valence-corrected chi connectivity index (χ2v) is 6.59. The van der Waals surface area contributed by atoms with E-state index in [1.54, 1.807) is 7.11 Å². The van der Waals surface area contributed by atoms with Gasteiger partial charge in [0, 0.05) is 32.2 Å². The van der Waals surface area contributed by atoms with Crippen LogP contribution in [0.4, 0.5) is 0 Å². The summed E-state index contributed by atoms with van der Waals surface area (Å²) in [6.07, 6.45) is 6.92. The zero-order valence-electron chi connectivity index (χ0n) is 14.2. The summed E-state index contributed by atoms with van der Waals surface area (Å²) >= 11 is 0. The molecule has 23 heavy (non-hydrogen) atoms. The molecule has 0 atom stereocenters. The number of guanidine groups is 1. The van der Waals surface area contributed by atoms with Crippen LogP contribution < -0.4 is 10.1 Å². The maximum atomic E-state index is 5.42. The number of rotatable bonds is 3. The second kappa shape index (κ2) is 8.22. The number of para-hydroxylation sites is 1. The van der Waals surface area contributed by atoms with E-state index in [9.17, 15) is 0 Å². The third kappa shape index (κ3) is 4.11. The molecule has 5 heteroatoms. The van der Waals surface area contributed by atoms with Crippen molar-refractivity contribution < 1.29 is 4.74 Å². The molecule has 128 valence electrons. The number of halogens is 1. The highest BCUT2D eigenvalue weighted by Crippen LogP contribution is 2.45. The monoisotopic (exact) mass is 429 g/mol. The van der Waals surface area contributed by atoms with Gasteiger partial charge in [0.05, 0.1) is 7.11 Å². The second-order valence-electron chi connectivity index (χ2n) is 6.59. The van der Waals surface area contributed by atoms with Crippen molar-refractivity contribution >= 4 is 29.9 Å². The Labute approximate surface area is 156 Å². The number of likely N-dealkylation sites (tertiary alicyclic amines) is 1. The van der Waals surface area contributed by atoms with Gasteiger partial charge < -0.3 is 15.0 Å². The predicted molar refractivity (Wildman–Crippen MR) is 106 cm³/mol. The van der Waals surface area contributed by atoms with Crippen molar-refractivity contribution in [3.8, 4) is 5.75 Å². The van der Waals surface area contributed by atoms with Crippen LogP contribution in [0.25, 0.3) is 0 Å². The minimum absolute atomic E-state index is 0. The smallest absolute Gasteiger partial charge is 0.193 e. The van der Waals surface area contributed by atoms with Gasteiger partial charge in [-0.3, -0.25) is 4.99 Å². The molecule has 1 saturated heterocycles. The van der Waals surface area contributed by atoms with Gasteiger partial charge in [-0.05, 0) is 30.7 Å². The Balaban J connectivity index is 0.00000192. The highest BCUT2D eigenvalue weighted by atomic mass is 127. The molecule has 1 N–H and O–H groups in total. The van der Waals surface area contributed by atoms with Gasteiger partial charge in [0.15, 0.2) is 5.96 Å². The van der Waals surface area contributed by atoms with Crippen LogP contribution in [0.5, 0.6) is 5.75 Å². The zero-order valence-corrected chi connectivity index (χ0v) is 16.5. The van der Waals surface area contributed by atoms with E-state index >= 15 is 0 Å². The molecule has 1 aliphatic heterocycles. The lowest BCUT2D eigenvalue weighted by atomic mass is 9.86. The van der Waals surface area contributed by atoms with Gasteiger partial charge in [0.1, 0.15) is 5.75 Å². The molecule has 3 rings (SSSR count). The standard InChI is InChI=1S/C18H27N3O.HI/c1-19-17(20-13-15-7-3-4-8-16(15)22-2)21-12-11-18(14-21)9-5-6-10-18;/h3-4,7-8H,5-6,9-14H2,1-2H3,(H,19,20);1H. The quantitative estimate of drug-likeness (QED) is 0.453. The average molecular weight is 429 g/mol. The van der Waals surface area contributed by atoms with Crippen molar-refractivity contribution in [1.29, 1.82) is 0 Å². The Kier molecular flexibility index (Phi) is 6.56. The number of aliphatic imine (C=N–C) groups is 1. The minimum atomic E-state index is 0. The number of nitrogens with zero attached hydrogens (tertiary/aromatic N) is 2. The average Bonchev–Trinajstić information content (AvgIpc) is 3.19. The zero-order chi connectivity index (χ0) is 15.4. The number of methoxy groups -OCH3 is 1. The Morgan fingerprint density at radius 1 is 1.26 bits per heavy atom. The van der Waals surface area contributed by atoms with Gasteiger partial charge in [-0.25, -0.2) is 0 Å². The van der Waals surface area contributed by atoms with Gasteiger partial charge in [-0.1, -0.05) is 31.0 Å². The molecule has 1 aliphatic carbocycles. The summed E-state index contributed by atoms with van der Waals surface area (Å²) in [5, 5.41) is 3.50. The van der Waals surface area contributed by atoms with Crippen LogP contribution in [-0.2, 0) is 6.54 Å². The van der Waals surface area contributed by atoms with E-state index in [2.05, 4.69) is 21.3 Å². The van der Waals surface area contributed by atoms with Crippen molar-refractivity contribution in [3.63, 3.8) is 0 Å². The lowest BCUT2D eigenvalue weighted by Gasteiger charge is -2.26. The summed E-state index contributed by atoms with van der Waals surface area (Å²) in [5.74, 6) is 1.95. The van der Waals surface area contributed by atoms with Crippen LogP contribution in [0.3, 0.4) is 0 Å². The Hall–Kier alpha value is -0.980. The first kappa shape index (κ1) is 18.4. The lowest BCUT2D eigenvalue weighted by molar-refractivity contribution is 0.309. The molecule has 2 aliphatic rings. The summed E-state index contributed by atoms with van der Waals surface area (Å²) in [6, 6.07) is 8.15. The van der Waals surface area contributed by atoms with Crippen LogP contribution in [0.1, 0.15) is 37.7 Å². The molecule has 1 heterocycles. The summed E-state index contributed by atoms with van der Waals surface area (Å²) < 4.78 is 5.42. The molecule has 1 aromatic carbocycles. The first-order valence-electron chi connectivity index (χ1n) is 8.34. The number of nitrogens with one attached hydrogen (secondary N) is 1. The molecular formula is C18H28IN3O. The topological polar surface area (TPSA) is 36.9 Å². The largest absolute Gasteiger partial charge is 0.496 e. The van der Waals surface area contributed by atoms with Crippen LogP contribution >= 0.6 is 24.0 Å². The van der Waals surface area contributed by atoms with Gasteiger partial charge in [0.25, 0.3) is 0 Å². The molecular weight excluding hydrogens is 401 g/mol. The number of benzene rings is 1. The number of hydrogen-bond donors (Lipinski definition) is 1. The SMILES string of the molecule is CN=C(NCc1ccccc1OC)N1CCC2(CCCC2)C1.I. The van der Waals surface area contributed by atoms with Gasteiger partial charge in [-0.2, -0.15) is 0 Å². The summed E-state index contributed by atoms with van der Waals surface area (Å²) in [6.45, 7) is 3.05. The lowest BCUT2D eigenvalue weighted by Crippen LogP contribution is -2.40. The molecule has 4 nitrogen and oxygen atoms in total. The third-order valence-corrected chi connectivity index (χ3v) is 5.24. The van der Waals surface area contributed by atoms with Crippen molar-refractivity contribution in [1.82, 2.24) is 10.2 Å². The minimum Gasteiger partial charge on any atom is -0.496 e. The molecule has 0 aromatic heterocycles. The van der Waals surface area contributed by atoms with E-state index in [1.807, 2.05) is 25.2 Å². The predicted octanol–water partition coefficient (Wildman–Crippen LogP) is 3.65. The fourth-order valence-corrected chi connectivity index (χ4v) is 4.00. The first-order valence-corrected chi connectivity index (χ1v) is 8.34. The maximum absolute atomic E-state index is 5.42. The van der Waals surface area contributed by atoms with E-state index < -0.39 is 0 Å². The normalized spacial score (nSPS) is 19.7. The Morgan fingerprint density at radius 2 is 2.00 bits per heavy atom. The summed E-state index contributed by atoms with van der Waals surface area (Å²) in [4.78, 5) is 6.92. The van der Waals surface area contributed by atoms with Gasteiger partial charge in [0.2, 0.25) is 0 Å². The Bertz CT molecular complexity index is 541. The molecule has 0 unspecified atom stereocenters. The Morgan fingerprint density at radius 3 is 2.70 bits per heavy atom. The molecule has 1 spiro atoms. The number of ether oxygens (including phenoxy) is 1. The first-order chi connectivity index (χ1) is 10.8. The fraction of sp³-hybridized carbons (Fsp3) is 0.611. The summed E-state index contributed by atoms with van der Waals surface area (Å²) in [7, 11) is 3.60. The van der Waals surface area contributed by atoms with Gasteiger partial charge >= 0.3 is 0 Å². The highest BCUT2D eigenvalue weighted by molar-refractivity contribution is 14.0. The molecule has 0 amide bonds. The van der Waals surface area contributed by atoms with Gasteiger partial charge in [-0.15, -0.1) is 24.0 Å². The molecule has 1 saturated carbocycles. The van der Waals surface area contributed by atoms with E-state index in [1.165, 1.54) is 44.2 Å². The van der Waals surface area contributed by atoms with Crippen LogP contribution in [0.2, 0.25) is 0 Å². The summed E-state index contributed by atoms with van der Waals surface area (Å²) in [5.41, 5.74) is 1.74. The van der Waals surface area contributed by atoms with Crippen LogP contribution in [-0.4, -0.2) is 38.1 Å². The van der Waals surface area contributed by atoms with Crippen molar-refractivity contribution in [2.75, 3.05) is 27.2 Å². The van der Waals surface area contributed by atoms with Crippen molar-refractivity contribution in [2.24, 2.45) is 10.4 Å². The van der Waals surface area contributed by atoms with Crippen LogP contribution in [0, 0.1) is 5.41 Å². The van der Waals surface area contributed by atoms with E-state index in [0.717, 1.165) is 24.8 Å². The van der Waals surface area contributed by atoms with Crippen molar-refractivity contribution in [3.05, 3.63) is 29.8 Å². The molecule has 0 bridgehead atoms. The van der Waals surface area contributed by atoms with Crippen molar-refractivity contribution in [2.45, 2.75) is 38.6 Å². The third-order valence-electron chi connectivity index (χ3n) is 5.24. The maximum Gasteiger partial charge on any atom is 0.193 e.